The molecule has 64 valence electrons. The lowest BCUT2D eigenvalue weighted by atomic mass is 9.94. The van der Waals surface area contributed by atoms with E-state index >= 15 is 0 Å². The molecule has 0 aromatic carbocycles. The minimum absolute atomic E-state index is 0.0655. The summed E-state index contributed by atoms with van der Waals surface area (Å²) in [6.07, 6.45) is 3.10. The van der Waals surface area contributed by atoms with Crippen molar-refractivity contribution in [3.63, 3.8) is 0 Å². The van der Waals surface area contributed by atoms with Crippen LogP contribution in [-0.2, 0) is 0 Å². The van der Waals surface area contributed by atoms with E-state index in [1.807, 2.05) is 7.05 Å². The zero-order valence-corrected chi connectivity index (χ0v) is 8.12. The summed E-state index contributed by atoms with van der Waals surface area (Å²) in [6, 6.07) is 0. The maximum Gasteiger partial charge on any atom is 0.0793 e. The fourth-order valence-corrected chi connectivity index (χ4v) is 1.10. The third kappa shape index (κ3) is 2.95. The van der Waals surface area contributed by atoms with Gasteiger partial charge in [0.2, 0.25) is 0 Å². The summed E-state index contributed by atoms with van der Waals surface area (Å²) in [6.45, 7) is 6.42. The van der Waals surface area contributed by atoms with Crippen molar-refractivity contribution in [3.8, 4) is 11.8 Å². The number of nitrogens with one attached hydrogen (secondary N) is 1. The zero-order chi connectivity index (χ0) is 8.74. The maximum atomic E-state index is 3.28. The van der Waals surface area contributed by atoms with Crippen LogP contribution in [0.3, 0.4) is 0 Å². The van der Waals surface area contributed by atoms with Gasteiger partial charge < -0.3 is 5.32 Å². The molecule has 1 nitrogen and oxygen atoms in total. The largest absolute Gasteiger partial charge is 0.304 e. The molecule has 0 amide bonds. The molecule has 0 aliphatic rings. The molecule has 0 aliphatic carbocycles. The fraction of sp³-hybridized carbons (Fsp3) is 0.800. The van der Waals surface area contributed by atoms with Crippen molar-refractivity contribution in [2.24, 2.45) is 0 Å². The first kappa shape index (κ1) is 10.5. The van der Waals surface area contributed by atoms with E-state index < -0.39 is 0 Å². The first-order valence-corrected chi connectivity index (χ1v) is 4.43. The zero-order valence-electron chi connectivity index (χ0n) is 8.12. The van der Waals surface area contributed by atoms with Gasteiger partial charge in [-0.1, -0.05) is 26.7 Å². The van der Waals surface area contributed by atoms with Crippen LogP contribution in [0.5, 0.6) is 0 Å². The number of hydrogen-bond donors (Lipinski definition) is 1. The van der Waals surface area contributed by atoms with Crippen molar-refractivity contribution in [2.75, 3.05) is 7.05 Å². The monoisotopic (exact) mass is 153 g/mol. The molecule has 0 aromatic rings. The SMILES string of the molecule is CCC#CC(CC)(CC)NC. The van der Waals surface area contributed by atoms with Crippen molar-refractivity contribution < 1.29 is 0 Å². The van der Waals surface area contributed by atoms with Gasteiger partial charge in [-0.2, -0.15) is 0 Å². The molecule has 0 atom stereocenters. The van der Waals surface area contributed by atoms with E-state index in [-0.39, 0.29) is 5.54 Å². The van der Waals surface area contributed by atoms with Gasteiger partial charge in [0.25, 0.3) is 0 Å². The van der Waals surface area contributed by atoms with E-state index in [1.165, 1.54) is 0 Å². The number of rotatable bonds is 3. The fourth-order valence-electron chi connectivity index (χ4n) is 1.10. The third-order valence-corrected chi connectivity index (χ3v) is 2.19. The van der Waals surface area contributed by atoms with Crippen LogP contribution >= 0.6 is 0 Å². The second-order valence-corrected chi connectivity index (χ2v) is 2.69. The van der Waals surface area contributed by atoms with E-state index in [4.69, 9.17) is 0 Å². The Morgan fingerprint density at radius 3 is 2.00 bits per heavy atom. The minimum Gasteiger partial charge on any atom is -0.304 e. The van der Waals surface area contributed by atoms with Crippen molar-refractivity contribution in [3.05, 3.63) is 0 Å². The van der Waals surface area contributed by atoms with Crippen LogP contribution in [0.4, 0.5) is 0 Å². The highest BCUT2D eigenvalue weighted by Crippen LogP contribution is 2.12. The van der Waals surface area contributed by atoms with Gasteiger partial charge in [0.15, 0.2) is 0 Å². The van der Waals surface area contributed by atoms with Gasteiger partial charge in [-0.3, -0.25) is 0 Å². The molecule has 0 rings (SSSR count). The molecule has 0 fully saturated rings. The van der Waals surface area contributed by atoms with E-state index in [1.54, 1.807) is 0 Å². The van der Waals surface area contributed by atoms with Crippen LogP contribution in [-0.4, -0.2) is 12.6 Å². The molecule has 0 aromatic heterocycles. The van der Waals surface area contributed by atoms with Crippen molar-refractivity contribution in [2.45, 2.75) is 45.6 Å². The van der Waals surface area contributed by atoms with E-state index in [9.17, 15) is 0 Å². The smallest absolute Gasteiger partial charge is 0.0793 e. The highest BCUT2D eigenvalue weighted by molar-refractivity contribution is 5.16. The second-order valence-electron chi connectivity index (χ2n) is 2.69. The van der Waals surface area contributed by atoms with Crippen LogP contribution in [0.15, 0.2) is 0 Å². The molecular formula is C10H19N. The second kappa shape index (κ2) is 5.21. The van der Waals surface area contributed by atoms with Gasteiger partial charge in [0.1, 0.15) is 0 Å². The molecule has 1 heteroatoms. The Kier molecular flexibility index (Phi) is 4.98. The lowest BCUT2D eigenvalue weighted by molar-refractivity contribution is 0.425. The Hall–Kier alpha value is -0.480. The van der Waals surface area contributed by atoms with Crippen molar-refractivity contribution >= 4 is 0 Å². The molecule has 0 saturated heterocycles. The lowest BCUT2D eigenvalue weighted by Crippen LogP contribution is -2.40. The Bertz CT molecular complexity index is 138. The Labute approximate surface area is 70.6 Å². The van der Waals surface area contributed by atoms with Gasteiger partial charge >= 0.3 is 0 Å². The highest BCUT2D eigenvalue weighted by atomic mass is 14.9. The minimum atomic E-state index is 0.0655. The van der Waals surface area contributed by atoms with E-state index in [0.29, 0.717) is 0 Å². The summed E-state index contributed by atoms with van der Waals surface area (Å²) in [7, 11) is 1.98. The molecule has 1 N–H and O–H groups in total. The first-order chi connectivity index (χ1) is 5.24. The predicted molar refractivity (Wildman–Crippen MR) is 50.4 cm³/mol. The molecule has 11 heavy (non-hydrogen) atoms. The first-order valence-electron chi connectivity index (χ1n) is 4.43. The summed E-state index contributed by atoms with van der Waals surface area (Å²) >= 11 is 0. The van der Waals surface area contributed by atoms with Gasteiger partial charge in [0.05, 0.1) is 5.54 Å². The van der Waals surface area contributed by atoms with Crippen LogP contribution in [0.2, 0.25) is 0 Å². The maximum absolute atomic E-state index is 3.28. The van der Waals surface area contributed by atoms with Crippen LogP contribution in [0.1, 0.15) is 40.0 Å². The Balaban J connectivity index is 4.28. The highest BCUT2D eigenvalue weighted by Gasteiger charge is 2.19. The van der Waals surface area contributed by atoms with E-state index in [2.05, 4.69) is 37.9 Å². The quantitative estimate of drug-likeness (QED) is 0.613. The van der Waals surface area contributed by atoms with Crippen LogP contribution < -0.4 is 5.32 Å². The molecule has 0 saturated carbocycles. The average molecular weight is 153 g/mol. The standard InChI is InChI=1S/C10H19N/c1-5-8-9-10(6-2,7-3)11-4/h11H,5-7H2,1-4H3. The average Bonchev–Trinajstić information content (AvgIpc) is 2.08. The third-order valence-electron chi connectivity index (χ3n) is 2.19. The topological polar surface area (TPSA) is 12.0 Å². The molecule has 0 spiro atoms. The summed E-state index contributed by atoms with van der Waals surface area (Å²) in [5.41, 5.74) is 0.0655. The number of hydrogen-bond acceptors (Lipinski definition) is 1. The van der Waals surface area contributed by atoms with Crippen LogP contribution in [0.25, 0.3) is 0 Å². The summed E-state index contributed by atoms with van der Waals surface area (Å²) in [4.78, 5) is 0. The Morgan fingerprint density at radius 2 is 1.73 bits per heavy atom. The molecule has 0 heterocycles. The van der Waals surface area contributed by atoms with E-state index in [0.717, 1.165) is 19.3 Å². The lowest BCUT2D eigenvalue weighted by Gasteiger charge is -2.24. The summed E-state index contributed by atoms with van der Waals surface area (Å²) < 4.78 is 0. The molecule has 0 unspecified atom stereocenters. The predicted octanol–water partition coefficient (Wildman–Crippen LogP) is 2.18. The van der Waals surface area contributed by atoms with Gasteiger partial charge in [-0.05, 0) is 19.9 Å². The van der Waals surface area contributed by atoms with Gasteiger partial charge in [-0.15, -0.1) is 5.92 Å². The molecule has 0 bridgehead atoms. The molecular weight excluding hydrogens is 134 g/mol. The van der Waals surface area contributed by atoms with Crippen LogP contribution in [0, 0.1) is 11.8 Å². The summed E-state index contributed by atoms with van der Waals surface area (Å²) in [5.74, 6) is 6.40. The summed E-state index contributed by atoms with van der Waals surface area (Å²) in [5, 5.41) is 3.28. The van der Waals surface area contributed by atoms with Crippen molar-refractivity contribution in [1.29, 1.82) is 0 Å². The normalized spacial score (nSPS) is 10.5. The molecule has 0 radical (unpaired) electrons. The van der Waals surface area contributed by atoms with Crippen molar-refractivity contribution in [1.82, 2.24) is 5.32 Å². The molecule has 0 aliphatic heterocycles. The van der Waals surface area contributed by atoms with Gasteiger partial charge in [0, 0.05) is 6.42 Å². The Morgan fingerprint density at radius 1 is 1.18 bits per heavy atom. The van der Waals surface area contributed by atoms with Gasteiger partial charge in [-0.25, -0.2) is 0 Å².